The van der Waals surface area contributed by atoms with Gasteiger partial charge in [-0.25, -0.2) is 0 Å². The third kappa shape index (κ3) is 2.69. The number of piperidine rings is 1. The van der Waals surface area contributed by atoms with Crippen LogP contribution in [-0.4, -0.2) is 41.8 Å². The topological polar surface area (TPSA) is 23.6 Å². The summed E-state index contributed by atoms with van der Waals surface area (Å²) in [7, 11) is 2.21. The van der Waals surface area contributed by atoms with E-state index < -0.39 is 0 Å². The second kappa shape index (κ2) is 5.73. The zero-order chi connectivity index (χ0) is 16.9. The van der Waals surface area contributed by atoms with Crippen molar-refractivity contribution in [1.29, 1.82) is 0 Å². The Hall–Kier alpha value is -1.61. The van der Waals surface area contributed by atoms with Gasteiger partial charge in [0.25, 0.3) is 0 Å². The first-order valence-electron chi connectivity index (χ1n) is 9.20. The van der Waals surface area contributed by atoms with E-state index in [0.29, 0.717) is 24.2 Å². The highest BCUT2D eigenvalue weighted by atomic mass is 16.1. The van der Waals surface area contributed by atoms with Gasteiger partial charge in [0.05, 0.1) is 0 Å². The fourth-order valence-corrected chi connectivity index (χ4v) is 4.91. The maximum atomic E-state index is 12.9. The zero-order valence-electron chi connectivity index (χ0n) is 15.1. The van der Waals surface area contributed by atoms with Crippen LogP contribution in [0.4, 0.5) is 0 Å². The number of likely N-dealkylation sites (tertiary alicyclic amines) is 1. The number of carbonyl (C=O) groups is 1. The lowest BCUT2D eigenvalue weighted by atomic mass is 9.73. The summed E-state index contributed by atoms with van der Waals surface area (Å²) in [5, 5.41) is 0. The monoisotopic (exact) mass is 324 g/mol. The molecule has 3 aliphatic rings. The summed E-state index contributed by atoms with van der Waals surface area (Å²) in [5.74, 6) is 0.861. The van der Waals surface area contributed by atoms with E-state index >= 15 is 0 Å². The van der Waals surface area contributed by atoms with Crippen LogP contribution in [0.2, 0.25) is 0 Å². The van der Waals surface area contributed by atoms with Gasteiger partial charge in [-0.1, -0.05) is 44.2 Å². The molecule has 2 heterocycles. The quantitative estimate of drug-likeness (QED) is 0.832. The molecule has 0 spiro atoms. The maximum Gasteiger partial charge on any atom is 0.161 e. The molecule has 1 saturated heterocycles. The number of carbonyl (C=O) groups excluding carboxylic acids is 1. The molecule has 4 rings (SSSR count). The number of benzene rings is 1. The van der Waals surface area contributed by atoms with Crippen LogP contribution in [-0.2, 0) is 11.3 Å². The number of ketones is 1. The van der Waals surface area contributed by atoms with Crippen molar-refractivity contribution in [3.05, 3.63) is 47.2 Å². The molecule has 128 valence electrons. The summed E-state index contributed by atoms with van der Waals surface area (Å²) in [4.78, 5) is 17.9. The number of nitrogens with zero attached hydrogens (tertiary/aromatic N) is 2. The molecule has 0 bridgehead atoms. The Labute approximate surface area is 145 Å². The van der Waals surface area contributed by atoms with Crippen molar-refractivity contribution in [1.82, 2.24) is 9.80 Å². The molecule has 0 amide bonds. The van der Waals surface area contributed by atoms with E-state index in [-0.39, 0.29) is 5.41 Å². The second-order valence-electron chi connectivity index (χ2n) is 8.64. The summed E-state index contributed by atoms with van der Waals surface area (Å²) in [5.41, 5.74) is 3.97. The molecule has 0 aromatic heterocycles. The predicted octanol–water partition coefficient (Wildman–Crippen LogP) is 3.47. The highest BCUT2D eigenvalue weighted by Crippen LogP contribution is 2.49. The smallest absolute Gasteiger partial charge is 0.161 e. The Kier molecular flexibility index (Phi) is 3.80. The fraction of sp³-hybridized carbons (Fsp3) is 0.571. The average molecular weight is 324 g/mol. The van der Waals surface area contributed by atoms with Gasteiger partial charge >= 0.3 is 0 Å². The van der Waals surface area contributed by atoms with Crippen molar-refractivity contribution in [3.63, 3.8) is 0 Å². The SMILES string of the molecule is CN1CCC2C3=C(CC(C)(C)CC3=O)N(Cc3ccccc3)C2C1. The number of likely N-dealkylation sites (N-methyl/N-ethyl adjacent to an activating group) is 1. The first-order valence-corrected chi connectivity index (χ1v) is 9.20. The normalized spacial score (nSPS) is 29.6. The molecule has 2 unspecified atom stereocenters. The summed E-state index contributed by atoms with van der Waals surface area (Å²) in [6.45, 7) is 7.58. The van der Waals surface area contributed by atoms with Crippen molar-refractivity contribution < 1.29 is 4.79 Å². The van der Waals surface area contributed by atoms with Crippen molar-refractivity contribution in [2.75, 3.05) is 20.1 Å². The Morgan fingerprint density at radius 3 is 2.67 bits per heavy atom. The molecule has 24 heavy (non-hydrogen) atoms. The van der Waals surface area contributed by atoms with E-state index in [9.17, 15) is 4.79 Å². The highest BCUT2D eigenvalue weighted by Gasteiger charge is 2.49. The summed E-state index contributed by atoms with van der Waals surface area (Å²) in [6.07, 6.45) is 2.87. The minimum Gasteiger partial charge on any atom is -0.365 e. The first kappa shape index (κ1) is 15.9. The molecule has 3 heteroatoms. The average Bonchev–Trinajstić information content (AvgIpc) is 2.81. The van der Waals surface area contributed by atoms with E-state index in [4.69, 9.17) is 0 Å². The molecule has 3 nitrogen and oxygen atoms in total. The molecule has 2 atom stereocenters. The third-order valence-corrected chi connectivity index (χ3v) is 5.99. The fourth-order valence-electron chi connectivity index (χ4n) is 4.91. The molecule has 0 radical (unpaired) electrons. The third-order valence-electron chi connectivity index (χ3n) is 5.99. The van der Waals surface area contributed by atoms with Crippen LogP contribution in [0, 0.1) is 11.3 Å². The van der Waals surface area contributed by atoms with Gasteiger partial charge in [0.15, 0.2) is 5.78 Å². The molecule has 2 aliphatic heterocycles. The number of hydrogen-bond donors (Lipinski definition) is 0. The molecular weight excluding hydrogens is 296 g/mol. The Bertz CT molecular complexity index is 676. The van der Waals surface area contributed by atoms with Crippen molar-refractivity contribution in [2.24, 2.45) is 11.3 Å². The van der Waals surface area contributed by atoms with Crippen molar-refractivity contribution in [2.45, 2.75) is 45.7 Å². The van der Waals surface area contributed by atoms with Crippen LogP contribution in [0.5, 0.6) is 0 Å². The minimum atomic E-state index is 0.0876. The Morgan fingerprint density at radius 2 is 1.92 bits per heavy atom. The molecule has 0 N–H and O–H groups in total. The summed E-state index contributed by atoms with van der Waals surface area (Å²) in [6, 6.07) is 11.2. The second-order valence-corrected chi connectivity index (χ2v) is 8.64. The molecular formula is C21H28N2O. The lowest BCUT2D eigenvalue weighted by molar-refractivity contribution is -0.118. The molecule has 1 aromatic carbocycles. The van der Waals surface area contributed by atoms with Gasteiger partial charge in [-0.15, -0.1) is 0 Å². The van der Waals surface area contributed by atoms with Gasteiger partial charge in [-0.2, -0.15) is 0 Å². The van der Waals surface area contributed by atoms with E-state index in [1.807, 2.05) is 0 Å². The number of fused-ring (bicyclic) bond motifs is 2. The van der Waals surface area contributed by atoms with Gasteiger partial charge in [0.2, 0.25) is 0 Å². The van der Waals surface area contributed by atoms with Gasteiger partial charge < -0.3 is 9.80 Å². The zero-order valence-corrected chi connectivity index (χ0v) is 15.1. The van der Waals surface area contributed by atoms with Crippen molar-refractivity contribution >= 4 is 5.78 Å². The predicted molar refractivity (Wildman–Crippen MR) is 96.4 cm³/mol. The molecule has 1 fully saturated rings. The van der Waals surface area contributed by atoms with Gasteiger partial charge in [-0.3, -0.25) is 4.79 Å². The standard InChI is InChI=1S/C21H28N2O/c1-21(2)11-17-20(19(24)12-21)16-9-10-22(3)14-18(16)23(17)13-15-7-5-4-6-8-15/h4-8,16,18H,9-14H2,1-3H3. The number of rotatable bonds is 2. The Balaban J connectivity index is 1.72. The van der Waals surface area contributed by atoms with E-state index in [1.165, 1.54) is 16.8 Å². The van der Waals surface area contributed by atoms with Crippen molar-refractivity contribution in [3.8, 4) is 0 Å². The van der Waals surface area contributed by atoms with E-state index in [1.54, 1.807) is 0 Å². The van der Waals surface area contributed by atoms with Crippen LogP contribution in [0.1, 0.15) is 38.7 Å². The lowest BCUT2D eigenvalue weighted by Gasteiger charge is -2.39. The largest absolute Gasteiger partial charge is 0.365 e. The summed E-state index contributed by atoms with van der Waals surface area (Å²) < 4.78 is 0. The van der Waals surface area contributed by atoms with Crippen LogP contribution in [0.15, 0.2) is 41.6 Å². The van der Waals surface area contributed by atoms with E-state index in [0.717, 1.165) is 32.5 Å². The maximum absolute atomic E-state index is 12.9. The van der Waals surface area contributed by atoms with Gasteiger partial charge in [0, 0.05) is 42.7 Å². The minimum absolute atomic E-state index is 0.0876. The van der Waals surface area contributed by atoms with Crippen LogP contribution < -0.4 is 0 Å². The Morgan fingerprint density at radius 1 is 1.17 bits per heavy atom. The van der Waals surface area contributed by atoms with Crippen LogP contribution in [0.3, 0.4) is 0 Å². The van der Waals surface area contributed by atoms with Gasteiger partial charge in [-0.05, 0) is 37.4 Å². The lowest BCUT2D eigenvalue weighted by Crippen LogP contribution is -2.47. The van der Waals surface area contributed by atoms with Gasteiger partial charge in [0.1, 0.15) is 0 Å². The van der Waals surface area contributed by atoms with Crippen LogP contribution >= 0.6 is 0 Å². The van der Waals surface area contributed by atoms with E-state index in [2.05, 4.69) is 61.0 Å². The molecule has 1 aliphatic carbocycles. The first-order chi connectivity index (χ1) is 11.4. The number of hydrogen-bond acceptors (Lipinski definition) is 3. The summed E-state index contributed by atoms with van der Waals surface area (Å²) >= 11 is 0. The highest BCUT2D eigenvalue weighted by molar-refractivity contribution is 5.98. The number of Topliss-reactive ketones (excluding diaryl/α,β-unsaturated/α-hetero) is 1. The van der Waals surface area contributed by atoms with Crippen LogP contribution in [0.25, 0.3) is 0 Å². The number of allylic oxidation sites excluding steroid dienone is 1. The molecule has 1 aromatic rings. The molecule has 0 saturated carbocycles.